The Morgan fingerprint density at radius 1 is 0.549 bits per heavy atom. The van der Waals surface area contributed by atoms with Crippen molar-refractivity contribution in [1.82, 2.24) is 31.1 Å². The number of sulfone groups is 1. The minimum Gasteiger partial charge on any atom is -0.467 e. The first-order valence-electron chi connectivity index (χ1n) is 31.7. The number of likely N-dealkylation sites (tertiary alicyclic amines) is 2. The van der Waals surface area contributed by atoms with Gasteiger partial charge in [0.2, 0.25) is 11.8 Å². The first-order valence-corrected chi connectivity index (χ1v) is 34.3. The molecule has 468 valence electrons. The number of nitrogens with one attached hydrogen (secondary N) is 4. The van der Waals surface area contributed by atoms with E-state index in [9.17, 15) is 37.2 Å². The van der Waals surface area contributed by atoms with Crippen molar-refractivity contribution in [3.8, 4) is 0 Å². The number of nitrogens with zero attached hydrogens (tertiary/aromatic N) is 2. The zero-order valence-corrected chi connectivity index (χ0v) is 55.5. The van der Waals surface area contributed by atoms with Crippen molar-refractivity contribution in [2.45, 2.75) is 258 Å². The van der Waals surface area contributed by atoms with Crippen LogP contribution in [0.1, 0.15) is 214 Å². The van der Waals surface area contributed by atoms with E-state index < -0.39 is 61.7 Å². The van der Waals surface area contributed by atoms with E-state index in [2.05, 4.69) is 97.4 Å². The van der Waals surface area contributed by atoms with Gasteiger partial charge in [0.25, 0.3) is 0 Å². The SMILES string of the molecule is COC(=O)[C@@H]1[C@@H]2[C@H](CN1C(=O)[C@@H](NC(=O)NC1(CS(=O)(=O)C(C)(C)C)[C@H](C)CCC[C@@H]1C)C1(C)CCCCC1)C2(C)C.COC(=O)[C@@H]1[C@@H]2[C@H](CN1C(=O)[C@@H](NC(=O)NC1(CSC(C)(C)C)[C@H](C)CCC[C@@H]1C)C1(C)CCCCC1)C2(C)C. The quantitative estimate of drug-likeness (QED) is 0.120. The van der Waals surface area contributed by atoms with Gasteiger partial charge in [-0.2, -0.15) is 11.8 Å². The number of methoxy groups -OCH3 is 2. The molecule has 16 nitrogen and oxygen atoms in total. The fourth-order valence-electron chi connectivity index (χ4n) is 16.7. The molecule has 2 heterocycles. The summed E-state index contributed by atoms with van der Waals surface area (Å²) in [7, 11) is -0.797. The Labute approximate surface area is 498 Å². The summed E-state index contributed by atoms with van der Waals surface area (Å²) in [6, 6.07) is -3.52. The number of ether oxygens (including phenoxy) is 2. The summed E-state index contributed by atoms with van der Waals surface area (Å²) >= 11 is 1.90. The van der Waals surface area contributed by atoms with Crippen LogP contribution >= 0.6 is 11.8 Å². The van der Waals surface area contributed by atoms with Crippen molar-refractivity contribution in [2.24, 2.45) is 69.0 Å². The number of piperidine rings is 2. The first-order chi connectivity index (χ1) is 37.9. The van der Waals surface area contributed by atoms with Crippen LogP contribution in [-0.4, -0.2) is 138 Å². The van der Waals surface area contributed by atoms with Crippen molar-refractivity contribution < 1.29 is 46.7 Å². The number of hydrogen-bond acceptors (Lipinski definition) is 11. The molecule has 8 aliphatic rings. The standard InChI is InChI=1S/C32H55N3O6S.C32H55N3O4S/c1-20-14-13-15-21(2)32(20,19-42(39,40)29(3,4)5)34-28(38)33-25(31(8)16-11-10-12-17-31)26(36)35-18-22-23(30(22,6)7)24(35)27(37)41-9;1-20-14-13-15-21(2)32(20,19-40-29(3,4)5)34-28(38)33-25(31(8)16-11-10-12-17-31)26(36)35-18-22-23(30(22,6)7)24(35)27(37)39-9/h20-25H,10-19H2,1-9H3,(H2,33,34,38);20-25H,10-19H2,1-9H3,(H2,33,34,38)/t2*20-,21+,22-,23-,24-,25+,32?/m00/s1. The Bertz CT molecular complexity index is 2450. The smallest absolute Gasteiger partial charge is 0.328 e. The Hall–Kier alpha value is -3.28. The van der Waals surface area contributed by atoms with Crippen molar-refractivity contribution >= 4 is 57.4 Å². The maximum Gasteiger partial charge on any atom is 0.328 e. The average molecular weight is 1190 g/mol. The van der Waals surface area contributed by atoms with Crippen molar-refractivity contribution in [3.63, 3.8) is 0 Å². The molecular formula is C64H110N6O10S2. The Morgan fingerprint density at radius 2 is 0.890 bits per heavy atom. The minimum atomic E-state index is -3.56. The summed E-state index contributed by atoms with van der Waals surface area (Å²) in [5, 5.41) is 13.0. The van der Waals surface area contributed by atoms with Crippen LogP contribution in [0.3, 0.4) is 0 Å². The molecule has 2 unspecified atom stereocenters. The van der Waals surface area contributed by atoms with Crippen LogP contribution in [0.2, 0.25) is 0 Å². The molecule has 0 radical (unpaired) electrons. The van der Waals surface area contributed by atoms with Crippen molar-refractivity contribution in [2.75, 3.05) is 38.8 Å². The number of hydrogen-bond donors (Lipinski definition) is 4. The second kappa shape index (κ2) is 24.1. The van der Waals surface area contributed by atoms with Gasteiger partial charge in [0.15, 0.2) is 9.84 Å². The highest BCUT2D eigenvalue weighted by molar-refractivity contribution is 8.00. The lowest BCUT2D eigenvalue weighted by Gasteiger charge is -2.49. The molecule has 0 aromatic rings. The normalized spacial score (nSPS) is 35.0. The average Bonchev–Trinajstić information content (AvgIpc) is 3.79. The molecule has 14 atom stereocenters. The molecule has 82 heavy (non-hydrogen) atoms. The van der Waals surface area contributed by atoms with Crippen LogP contribution in [0.4, 0.5) is 9.59 Å². The molecule has 4 N–H and O–H groups in total. The van der Waals surface area contributed by atoms with Gasteiger partial charge in [-0.3, -0.25) is 9.59 Å². The number of esters is 2. The van der Waals surface area contributed by atoms with Crippen molar-refractivity contribution in [3.05, 3.63) is 0 Å². The second-order valence-corrected chi connectivity index (χ2v) is 35.7. The predicted molar refractivity (Wildman–Crippen MR) is 325 cm³/mol. The third kappa shape index (κ3) is 12.9. The van der Waals surface area contributed by atoms with Crippen LogP contribution in [0.5, 0.6) is 0 Å². The molecule has 6 amide bonds. The fourth-order valence-corrected chi connectivity index (χ4v) is 19.7. The van der Waals surface area contributed by atoms with Crippen LogP contribution in [0.15, 0.2) is 0 Å². The number of urea groups is 2. The van der Waals surface area contributed by atoms with E-state index in [1.807, 2.05) is 25.6 Å². The van der Waals surface area contributed by atoms with Crippen LogP contribution in [0.25, 0.3) is 0 Å². The molecular weight excluding hydrogens is 1080 g/mol. The summed E-state index contributed by atoms with van der Waals surface area (Å²) in [6.07, 6.45) is 15.5. The van der Waals surface area contributed by atoms with Gasteiger partial charge in [-0.25, -0.2) is 27.6 Å². The lowest BCUT2D eigenvalue weighted by atomic mass is 9.68. The van der Waals surface area contributed by atoms with E-state index in [-0.39, 0.29) is 91.6 Å². The molecule has 0 bridgehead atoms. The van der Waals surface area contributed by atoms with E-state index in [1.54, 1.807) is 30.6 Å². The van der Waals surface area contributed by atoms with Gasteiger partial charge in [0.05, 0.1) is 35.8 Å². The lowest BCUT2D eigenvalue weighted by Crippen LogP contribution is -2.68. The highest BCUT2D eigenvalue weighted by Crippen LogP contribution is 2.66. The van der Waals surface area contributed by atoms with Crippen LogP contribution < -0.4 is 21.3 Å². The summed E-state index contributed by atoms with van der Waals surface area (Å²) < 4.78 is 36.6. The fraction of sp³-hybridized carbons (Fsp3) is 0.906. The number of amides is 6. The maximum absolute atomic E-state index is 14.4. The Morgan fingerprint density at radius 3 is 1.22 bits per heavy atom. The number of fused-ring (bicyclic) bond motifs is 2. The summed E-state index contributed by atoms with van der Waals surface area (Å²) in [5.74, 6) is 0.805. The van der Waals surface area contributed by atoms with Crippen molar-refractivity contribution in [1.29, 1.82) is 0 Å². The summed E-state index contributed by atoms with van der Waals surface area (Å²) in [4.78, 5) is 86.2. The number of thioether (sulfide) groups is 1. The Kier molecular flexibility index (Phi) is 19.5. The predicted octanol–water partition coefficient (Wildman–Crippen LogP) is 10.7. The summed E-state index contributed by atoms with van der Waals surface area (Å²) in [5.41, 5.74) is -2.15. The largest absolute Gasteiger partial charge is 0.467 e. The summed E-state index contributed by atoms with van der Waals surface area (Å²) in [6.45, 7) is 34.2. The van der Waals surface area contributed by atoms with Gasteiger partial charge in [-0.15, -0.1) is 0 Å². The lowest BCUT2D eigenvalue weighted by molar-refractivity contribution is -0.155. The van der Waals surface area contributed by atoms with Gasteiger partial charge in [-0.05, 0) is 129 Å². The maximum atomic E-state index is 14.4. The van der Waals surface area contributed by atoms with Gasteiger partial charge < -0.3 is 40.5 Å². The monoisotopic (exact) mass is 1190 g/mol. The highest BCUT2D eigenvalue weighted by Gasteiger charge is 2.72. The molecule has 0 aromatic carbocycles. The molecule has 18 heteroatoms. The van der Waals surface area contributed by atoms with E-state index >= 15 is 0 Å². The van der Waals surface area contributed by atoms with Gasteiger partial charge in [-0.1, -0.05) is 141 Å². The molecule has 8 rings (SSSR count). The molecule has 6 saturated carbocycles. The molecule has 0 aromatic heterocycles. The van der Waals surface area contributed by atoms with Gasteiger partial charge in [0.1, 0.15) is 24.2 Å². The third-order valence-electron chi connectivity index (χ3n) is 23.2. The third-order valence-corrected chi connectivity index (χ3v) is 27.4. The highest BCUT2D eigenvalue weighted by atomic mass is 32.2. The molecule has 2 saturated heterocycles. The van der Waals surface area contributed by atoms with E-state index in [1.165, 1.54) is 20.6 Å². The molecule has 6 aliphatic carbocycles. The Balaban J connectivity index is 0.000000236. The van der Waals surface area contributed by atoms with E-state index in [4.69, 9.17) is 9.47 Å². The molecule has 2 aliphatic heterocycles. The van der Waals surface area contributed by atoms with Crippen LogP contribution in [-0.2, 0) is 38.5 Å². The topological polar surface area (TPSA) is 210 Å². The van der Waals surface area contributed by atoms with Gasteiger partial charge >= 0.3 is 24.0 Å². The zero-order chi connectivity index (χ0) is 61.1. The number of carbonyl (C=O) groups excluding carboxylic acids is 6. The van der Waals surface area contributed by atoms with Crippen LogP contribution in [0, 0.1) is 69.0 Å². The first kappa shape index (κ1) is 66.2. The van der Waals surface area contributed by atoms with E-state index in [0.717, 1.165) is 102 Å². The number of carbonyl (C=O) groups is 6. The molecule has 0 spiro atoms. The van der Waals surface area contributed by atoms with Gasteiger partial charge in [0, 0.05) is 35.4 Å². The number of rotatable bonds is 14. The molecule has 8 fully saturated rings. The van der Waals surface area contributed by atoms with E-state index in [0.29, 0.717) is 24.9 Å². The second-order valence-electron chi connectivity index (χ2n) is 31.1. The minimum absolute atomic E-state index is 0.0229. The zero-order valence-electron chi connectivity index (χ0n) is 53.9.